The van der Waals surface area contributed by atoms with Gasteiger partial charge in [0.2, 0.25) is 0 Å². The highest BCUT2D eigenvalue weighted by molar-refractivity contribution is 8.00. The summed E-state index contributed by atoms with van der Waals surface area (Å²) in [5, 5.41) is 0. The van der Waals surface area contributed by atoms with Gasteiger partial charge in [-0.15, -0.1) is 0 Å². The summed E-state index contributed by atoms with van der Waals surface area (Å²) in [4.78, 5) is 0. The Morgan fingerprint density at radius 2 is 2.12 bits per heavy atom. The van der Waals surface area contributed by atoms with Gasteiger partial charge in [-0.1, -0.05) is 13.8 Å². The van der Waals surface area contributed by atoms with Gasteiger partial charge >= 0.3 is 0 Å². The maximum Gasteiger partial charge on any atom is 0.114 e. The van der Waals surface area contributed by atoms with Gasteiger partial charge in [-0.25, -0.2) is 0 Å². The summed E-state index contributed by atoms with van der Waals surface area (Å²) in [6.07, 6.45) is 1.37. The fourth-order valence-electron chi connectivity index (χ4n) is 0.463. The second-order valence-corrected chi connectivity index (χ2v) is 3.77. The van der Waals surface area contributed by atoms with Crippen molar-refractivity contribution < 1.29 is 0 Å². The van der Waals surface area contributed by atoms with E-state index in [-0.39, 0.29) is 0 Å². The summed E-state index contributed by atoms with van der Waals surface area (Å²) in [5.74, 6) is 2.22. The number of thioether (sulfide) groups is 1. The summed E-state index contributed by atoms with van der Waals surface area (Å²) < 4.78 is 0. The molecule has 0 aromatic carbocycles. The van der Waals surface area contributed by atoms with E-state index in [1.807, 2.05) is 11.8 Å². The summed E-state index contributed by atoms with van der Waals surface area (Å²) in [6.45, 7) is 4.55. The number of hydrogen-bond acceptors (Lipinski definition) is 1. The van der Waals surface area contributed by atoms with Crippen molar-refractivity contribution in [2.24, 2.45) is 5.92 Å². The Bertz CT molecular complexity index is 45.8. The summed E-state index contributed by atoms with van der Waals surface area (Å²) in [7, 11) is 2.21. The van der Waals surface area contributed by atoms with Crippen LogP contribution >= 0.6 is 11.8 Å². The molecule has 0 saturated heterocycles. The fourth-order valence-corrected chi connectivity index (χ4v) is 1.39. The zero-order valence-electron chi connectivity index (χ0n) is 6.11. The maximum absolute atomic E-state index is 2.27. The van der Waals surface area contributed by atoms with Crippen LogP contribution in [0.1, 0.15) is 20.3 Å². The predicted octanol–water partition coefficient (Wildman–Crippen LogP) is 1.36. The topological polar surface area (TPSA) is 0 Å². The van der Waals surface area contributed by atoms with Crippen LogP contribution in [0.25, 0.3) is 0 Å². The molecule has 0 spiro atoms. The molecule has 0 nitrogen and oxygen atoms in total. The first-order chi connectivity index (χ1) is 3.77. The van der Waals surface area contributed by atoms with E-state index in [0.717, 1.165) is 5.92 Å². The van der Waals surface area contributed by atoms with Crippen molar-refractivity contribution >= 4 is 19.6 Å². The van der Waals surface area contributed by atoms with Gasteiger partial charge in [-0.2, -0.15) is 11.8 Å². The van der Waals surface area contributed by atoms with E-state index in [0.29, 0.717) is 0 Å². The molecule has 0 bridgehead atoms. The van der Waals surface area contributed by atoms with Crippen molar-refractivity contribution in [1.29, 1.82) is 0 Å². The van der Waals surface area contributed by atoms with Crippen LogP contribution in [0.4, 0.5) is 0 Å². The highest BCUT2D eigenvalue weighted by Crippen LogP contribution is 2.06. The van der Waals surface area contributed by atoms with Crippen LogP contribution < -0.4 is 0 Å². The van der Waals surface area contributed by atoms with E-state index in [1.165, 1.54) is 17.8 Å². The lowest BCUT2D eigenvalue weighted by atomic mass is 10.2. The molecule has 0 heterocycles. The smallest absolute Gasteiger partial charge is 0.114 e. The third-order valence-corrected chi connectivity index (χ3v) is 1.98. The molecule has 0 atom stereocenters. The fraction of sp³-hybridized carbons (Fsp3) is 1.00. The lowest BCUT2D eigenvalue weighted by Gasteiger charge is -2.00. The van der Waals surface area contributed by atoms with Gasteiger partial charge in [0.25, 0.3) is 0 Å². The van der Waals surface area contributed by atoms with Crippen LogP contribution in [-0.2, 0) is 0 Å². The second kappa shape index (κ2) is 5.55. The SMILES string of the molecule is BCSCCC(C)C. The summed E-state index contributed by atoms with van der Waals surface area (Å²) in [6, 6.07) is 0. The first-order valence-electron chi connectivity index (χ1n) is 3.35. The third-order valence-electron chi connectivity index (χ3n) is 1.04. The molecule has 0 aliphatic carbocycles. The van der Waals surface area contributed by atoms with E-state index >= 15 is 0 Å². The van der Waals surface area contributed by atoms with E-state index in [1.54, 1.807) is 0 Å². The van der Waals surface area contributed by atoms with E-state index < -0.39 is 0 Å². The van der Waals surface area contributed by atoms with Crippen LogP contribution in [0.15, 0.2) is 0 Å². The molecule has 0 aliphatic rings. The van der Waals surface area contributed by atoms with Crippen LogP contribution in [0.5, 0.6) is 0 Å². The van der Waals surface area contributed by atoms with Crippen molar-refractivity contribution in [3.05, 3.63) is 0 Å². The van der Waals surface area contributed by atoms with Crippen molar-refractivity contribution in [2.45, 2.75) is 20.3 Å². The predicted molar refractivity (Wildman–Crippen MR) is 45.3 cm³/mol. The van der Waals surface area contributed by atoms with E-state index in [4.69, 9.17) is 0 Å². The zero-order chi connectivity index (χ0) is 6.41. The minimum absolute atomic E-state index is 0.883. The molecule has 0 aliphatic heterocycles. The van der Waals surface area contributed by atoms with Crippen molar-refractivity contribution in [3.8, 4) is 0 Å². The highest BCUT2D eigenvalue weighted by atomic mass is 32.2. The molecular weight excluding hydrogens is 115 g/mol. The maximum atomic E-state index is 2.27. The van der Waals surface area contributed by atoms with Crippen LogP contribution in [0.3, 0.4) is 0 Å². The standard InChI is InChI=1S/C6H15BS/c1-6(2)3-4-8-5-7/h6H,3-5,7H2,1-2H3. The minimum atomic E-state index is 0.883. The van der Waals surface area contributed by atoms with Gasteiger partial charge in [0, 0.05) is 0 Å². The minimum Gasteiger partial charge on any atom is -0.171 e. The first-order valence-corrected chi connectivity index (χ1v) is 4.50. The number of hydrogen-bond donors (Lipinski definition) is 0. The molecule has 0 rings (SSSR count). The average Bonchev–Trinajstić information content (AvgIpc) is 1.66. The van der Waals surface area contributed by atoms with Crippen molar-refractivity contribution in [1.82, 2.24) is 0 Å². The highest BCUT2D eigenvalue weighted by Gasteiger charge is 1.90. The lowest BCUT2D eigenvalue weighted by Crippen LogP contribution is -1.89. The Morgan fingerprint density at radius 3 is 2.50 bits per heavy atom. The van der Waals surface area contributed by atoms with Crippen LogP contribution in [-0.4, -0.2) is 19.3 Å². The second-order valence-electron chi connectivity index (χ2n) is 2.38. The molecule has 48 valence electrons. The summed E-state index contributed by atoms with van der Waals surface area (Å²) in [5.41, 5.74) is 1.27. The molecule has 0 N–H and O–H groups in total. The molecule has 0 amide bonds. The monoisotopic (exact) mass is 130 g/mol. The summed E-state index contributed by atoms with van der Waals surface area (Å²) >= 11 is 2.04. The zero-order valence-corrected chi connectivity index (χ0v) is 6.92. The molecule has 0 saturated carbocycles. The molecule has 0 unspecified atom stereocenters. The quantitative estimate of drug-likeness (QED) is 0.409. The normalized spacial score (nSPS) is 10.4. The van der Waals surface area contributed by atoms with E-state index in [2.05, 4.69) is 21.7 Å². The molecule has 0 radical (unpaired) electrons. The molecule has 2 heteroatoms. The lowest BCUT2D eigenvalue weighted by molar-refractivity contribution is 0.632. The van der Waals surface area contributed by atoms with Gasteiger partial charge in [0.15, 0.2) is 0 Å². The molecule has 0 aromatic rings. The Labute approximate surface area is 57.8 Å². The van der Waals surface area contributed by atoms with Crippen molar-refractivity contribution in [2.75, 3.05) is 11.4 Å². The van der Waals surface area contributed by atoms with Crippen molar-refractivity contribution in [3.63, 3.8) is 0 Å². The average molecular weight is 130 g/mol. The largest absolute Gasteiger partial charge is 0.171 e. The van der Waals surface area contributed by atoms with Crippen LogP contribution in [0, 0.1) is 5.92 Å². The van der Waals surface area contributed by atoms with Gasteiger partial charge in [0.05, 0.1) is 0 Å². The Kier molecular flexibility index (Phi) is 5.84. The Hall–Kier alpha value is 0.415. The van der Waals surface area contributed by atoms with Gasteiger partial charge in [-0.05, 0) is 23.7 Å². The first kappa shape index (κ1) is 8.41. The van der Waals surface area contributed by atoms with Crippen LogP contribution in [0.2, 0.25) is 0 Å². The van der Waals surface area contributed by atoms with E-state index in [9.17, 15) is 0 Å². The molecule has 8 heavy (non-hydrogen) atoms. The van der Waals surface area contributed by atoms with Gasteiger partial charge in [0.1, 0.15) is 7.85 Å². The van der Waals surface area contributed by atoms with Gasteiger partial charge < -0.3 is 0 Å². The molecule has 0 aromatic heterocycles. The Morgan fingerprint density at radius 1 is 1.50 bits per heavy atom. The molecule has 0 fully saturated rings. The molecular formula is C6H15BS. The Balaban J connectivity index is 2.72. The number of rotatable bonds is 4. The van der Waals surface area contributed by atoms with Gasteiger partial charge in [-0.3, -0.25) is 0 Å². The third kappa shape index (κ3) is 6.41.